The predicted octanol–water partition coefficient (Wildman–Crippen LogP) is 1.12. The maximum Gasteiger partial charge on any atom is 0.413 e. The van der Waals surface area contributed by atoms with Crippen molar-refractivity contribution in [3.8, 4) is 0 Å². The summed E-state index contributed by atoms with van der Waals surface area (Å²) in [6.45, 7) is 0. The molecule has 2 aromatic carbocycles. The highest BCUT2D eigenvalue weighted by Crippen LogP contribution is 2.13. The van der Waals surface area contributed by atoms with E-state index in [2.05, 4.69) is 36.4 Å². The predicted molar refractivity (Wildman–Crippen MR) is 57.3 cm³/mol. The van der Waals surface area contributed by atoms with Crippen molar-refractivity contribution >= 4 is 35.2 Å². The second kappa shape index (κ2) is 3.32. The summed E-state index contributed by atoms with van der Waals surface area (Å²) in [6.07, 6.45) is 0. The van der Waals surface area contributed by atoms with Gasteiger partial charge in [0.05, 0.1) is 0 Å². The van der Waals surface area contributed by atoms with Gasteiger partial charge in [-0.25, -0.2) is 0 Å². The summed E-state index contributed by atoms with van der Waals surface area (Å²) in [5, 5.41) is 3.74. The molecule has 0 aliphatic carbocycles. The van der Waals surface area contributed by atoms with Crippen molar-refractivity contribution in [2.45, 2.75) is 0 Å². The van der Waals surface area contributed by atoms with Crippen molar-refractivity contribution in [3.05, 3.63) is 42.5 Å². The van der Waals surface area contributed by atoms with Crippen LogP contribution in [0.4, 0.5) is 0 Å². The first-order chi connectivity index (χ1) is 6.95. The van der Waals surface area contributed by atoms with Crippen molar-refractivity contribution in [1.82, 2.24) is 0 Å². The zero-order valence-electron chi connectivity index (χ0n) is 7.36. The maximum atomic E-state index is 5.43. The van der Waals surface area contributed by atoms with Gasteiger partial charge in [0.15, 0.2) is 0 Å². The van der Waals surface area contributed by atoms with E-state index >= 15 is 0 Å². The van der Waals surface area contributed by atoms with Crippen LogP contribution in [-0.4, -0.2) is 19.3 Å². The third kappa shape index (κ3) is 1.24. The Morgan fingerprint density at radius 3 is 2.50 bits per heavy atom. The Bertz CT molecular complexity index is 463. The SMILES string of the molecule is c1ccc2c([Si]3O[Si]O3)cccc2c1. The van der Waals surface area contributed by atoms with Crippen LogP contribution in [0, 0.1) is 0 Å². The first-order valence-corrected chi connectivity index (χ1v) is 6.52. The molecule has 0 bridgehead atoms. The topological polar surface area (TPSA) is 18.5 Å². The van der Waals surface area contributed by atoms with Gasteiger partial charge in [-0.15, -0.1) is 0 Å². The van der Waals surface area contributed by atoms with Gasteiger partial charge in [-0.2, -0.15) is 0 Å². The summed E-state index contributed by atoms with van der Waals surface area (Å²) in [5.74, 6) is 0. The second-order valence-corrected chi connectivity index (χ2v) is 6.01. The van der Waals surface area contributed by atoms with Crippen LogP contribution in [0.5, 0.6) is 0 Å². The molecule has 1 heterocycles. The first kappa shape index (κ1) is 8.37. The molecule has 0 amide bonds. The fraction of sp³-hybridized carbons (Fsp3) is 0. The van der Waals surface area contributed by atoms with Crippen LogP contribution in [-0.2, 0) is 8.23 Å². The molecule has 2 nitrogen and oxygen atoms in total. The van der Waals surface area contributed by atoms with Gasteiger partial charge in [0.1, 0.15) is 0 Å². The highest BCUT2D eigenvalue weighted by Gasteiger charge is 2.30. The lowest BCUT2D eigenvalue weighted by molar-refractivity contribution is 0.327. The molecule has 3 radical (unpaired) electrons. The molecule has 2 aromatic rings. The van der Waals surface area contributed by atoms with Gasteiger partial charge < -0.3 is 8.23 Å². The van der Waals surface area contributed by atoms with Gasteiger partial charge in [0, 0.05) is 5.19 Å². The molecule has 0 atom stereocenters. The zero-order valence-corrected chi connectivity index (χ0v) is 9.36. The van der Waals surface area contributed by atoms with E-state index in [4.69, 9.17) is 8.23 Å². The van der Waals surface area contributed by atoms with E-state index in [1.54, 1.807) is 0 Å². The standard InChI is InChI=1S/C10H7O2Si2/c1-2-6-9-8(4-1)5-3-7-10(9)14-11-13-12-14/h1-7H. The lowest BCUT2D eigenvalue weighted by Gasteiger charge is -2.23. The second-order valence-electron chi connectivity index (χ2n) is 3.10. The molecular formula is C10H7O2Si2. The normalized spacial score (nSPS) is 16.9. The number of hydrogen-bond donors (Lipinski definition) is 0. The molecule has 4 heteroatoms. The summed E-state index contributed by atoms with van der Waals surface area (Å²) in [6, 6.07) is 14.6. The van der Waals surface area contributed by atoms with Gasteiger partial charge in [-0.3, -0.25) is 0 Å². The van der Waals surface area contributed by atoms with E-state index in [1.165, 1.54) is 16.0 Å². The monoisotopic (exact) mass is 215 g/mol. The number of rotatable bonds is 1. The molecule has 0 N–H and O–H groups in total. The average Bonchev–Trinajstić information content (AvgIpc) is 2.16. The highest BCUT2D eigenvalue weighted by atomic mass is 28.4. The van der Waals surface area contributed by atoms with E-state index in [0.29, 0.717) is 0 Å². The van der Waals surface area contributed by atoms with Crippen molar-refractivity contribution < 1.29 is 8.23 Å². The minimum Gasteiger partial charge on any atom is -0.409 e. The molecule has 14 heavy (non-hydrogen) atoms. The third-order valence-electron chi connectivity index (χ3n) is 2.28. The Kier molecular flexibility index (Phi) is 1.99. The Balaban J connectivity index is 2.22. The smallest absolute Gasteiger partial charge is 0.409 e. The van der Waals surface area contributed by atoms with Crippen LogP contribution in [0.2, 0.25) is 0 Å². The Labute approximate surface area is 86.4 Å². The molecule has 1 fully saturated rings. The Morgan fingerprint density at radius 2 is 1.71 bits per heavy atom. The van der Waals surface area contributed by atoms with E-state index in [-0.39, 0.29) is 10.0 Å². The fourth-order valence-corrected chi connectivity index (χ4v) is 3.82. The Hall–Kier alpha value is -0.946. The fourth-order valence-electron chi connectivity index (χ4n) is 1.60. The molecule has 1 aliphatic rings. The third-order valence-corrected chi connectivity index (χ3v) is 5.30. The lowest BCUT2D eigenvalue weighted by atomic mass is 10.1. The summed E-state index contributed by atoms with van der Waals surface area (Å²) in [4.78, 5) is 0. The van der Waals surface area contributed by atoms with E-state index in [9.17, 15) is 0 Å². The van der Waals surface area contributed by atoms with Gasteiger partial charge in [-0.05, 0) is 10.8 Å². The van der Waals surface area contributed by atoms with Crippen LogP contribution in [0.15, 0.2) is 42.5 Å². The van der Waals surface area contributed by atoms with Gasteiger partial charge >= 0.3 is 19.3 Å². The molecule has 1 aliphatic heterocycles. The van der Waals surface area contributed by atoms with E-state index in [1.807, 2.05) is 6.07 Å². The Morgan fingerprint density at radius 1 is 0.929 bits per heavy atom. The molecule has 1 saturated heterocycles. The van der Waals surface area contributed by atoms with Gasteiger partial charge in [-0.1, -0.05) is 42.5 Å². The molecule has 0 unspecified atom stereocenters. The molecule has 0 saturated carbocycles. The summed E-state index contributed by atoms with van der Waals surface area (Å²) < 4.78 is 10.9. The maximum absolute atomic E-state index is 5.43. The lowest BCUT2D eigenvalue weighted by Crippen LogP contribution is -2.48. The zero-order chi connectivity index (χ0) is 9.38. The quantitative estimate of drug-likeness (QED) is 0.664. The van der Waals surface area contributed by atoms with Crippen LogP contribution in [0.3, 0.4) is 0 Å². The highest BCUT2D eigenvalue weighted by molar-refractivity contribution is 6.76. The van der Waals surface area contributed by atoms with Gasteiger partial charge in [0.2, 0.25) is 0 Å². The molecule has 3 rings (SSSR count). The van der Waals surface area contributed by atoms with Crippen molar-refractivity contribution in [2.24, 2.45) is 0 Å². The van der Waals surface area contributed by atoms with Crippen LogP contribution in [0.25, 0.3) is 10.8 Å². The number of benzene rings is 2. The van der Waals surface area contributed by atoms with Crippen molar-refractivity contribution in [3.63, 3.8) is 0 Å². The summed E-state index contributed by atoms with van der Waals surface area (Å²) in [5.41, 5.74) is 0. The number of fused-ring (bicyclic) bond motifs is 1. The van der Waals surface area contributed by atoms with Crippen LogP contribution >= 0.6 is 0 Å². The minimum absolute atomic E-state index is 0.243. The average molecular weight is 215 g/mol. The molecule has 0 spiro atoms. The first-order valence-electron chi connectivity index (χ1n) is 4.39. The van der Waals surface area contributed by atoms with Crippen molar-refractivity contribution in [1.29, 1.82) is 0 Å². The number of hydrogen-bond acceptors (Lipinski definition) is 2. The summed E-state index contributed by atoms with van der Waals surface area (Å²) >= 11 is 0. The van der Waals surface area contributed by atoms with Gasteiger partial charge in [0.25, 0.3) is 0 Å². The molecular weight excluding hydrogens is 208 g/mol. The molecule has 67 valence electrons. The molecule has 0 aromatic heterocycles. The largest absolute Gasteiger partial charge is 0.413 e. The van der Waals surface area contributed by atoms with Crippen LogP contribution < -0.4 is 5.19 Å². The minimum atomic E-state index is -1.14. The van der Waals surface area contributed by atoms with E-state index in [0.717, 1.165) is 0 Å². The van der Waals surface area contributed by atoms with Crippen LogP contribution in [0.1, 0.15) is 0 Å². The summed E-state index contributed by atoms with van der Waals surface area (Å²) in [7, 11) is -0.895. The van der Waals surface area contributed by atoms with Crippen molar-refractivity contribution in [2.75, 3.05) is 0 Å². The van der Waals surface area contributed by atoms with E-state index < -0.39 is 9.28 Å².